The predicted octanol–water partition coefficient (Wildman–Crippen LogP) is 1.91. The number of benzene rings is 1. The van der Waals surface area contributed by atoms with E-state index >= 15 is 0 Å². The SMILES string of the molecule is Cc1cccc2c1[C@H](N)[C@@H](C)OC2. The third kappa shape index (κ3) is 1.36. The first-order chi connectivity index (χ1) is 6.20. The third-order valence-corrected chi connectivity index (χ3v) is 2.76. The van der Waals surface area contributed by atoms with Crippen LogP contribution in [0.1, 0.15) is 29.7 Å². The number of nitrogens with two attached hydrogens (primary N) is 1. The molecule has 0 fully saturated rings. The zero-order valence-electron chi connectivity index (χ0n) is 8.08. The topological polar surface area (TPSA) is 35.2 Å². The third-order valence-electron chi connectivity index (χ3n) is 2.76. The van der Waals surface area contributed by atoms with Gasteiger partial charge < -0.3 is 10.5 Å². The van der Waals surface area contributed by atoms with E-state index in [9.17, 15) is 0 Å². The molecule has 0 saturated heterocycles. The molecule has 2 N–H and O–H groups in total. The molecule has 70 valence electrons. The average molecular weight is 177 g/mol. The maximum Gasteiger partial charge on any atom is 0.0744 e. The molecule has 2 rings (SSSR count). The van der Waals surface area contributed by atoms with Crippen molar-refractivity contribution in [2.45, 2.75) is 32.6 Å². The molecule has 2 atom stereocenters. The molecular weight excluding hydrogens is 162 g/mol. The standard InChI is InChI=1S/C11H15NO/c1-7-4-3-5-9-6-13-8(2)11(12)10(7)9/h3-5,8,11H,6,12H2,1-2H3/t8-,11-/m1/s1. The van der Waals surface area contributed by atoms with Crippen molar-refractivity contribution < 1.29 is 4.74 Å². The van der Waals surface area contributed by atoms with Gasteiger partial charge in [-0.15, -0.1) is 0 Å². The molecule has 0 aliphatic carbocycles. The number of rotatable bonds is 0. The van der Waals surface area contributed by atoms with Gasteiger partial charge in [0.15, 0.2) is 0 Å². The fourth-order valence-corrected chi connectivity index (χ4v) is 1.90. The lowest BCUT2D eigenvalue weighted by Gasteiger charge is -2.30. The highest BCUT2D eigenvalue weighted by molar-refractivity contribution is 5.38. The minimum Gasteiger partial charge on any atom is -0.372 e. The van der Waals surface area contributed by atoms with Crippen LogP contribution in [0.3, 0.4) is 0 Å². The van der Waals surface area contributed by atoms with Gasteiger partial charge in [-0.05, 0) is 30.5 Å². The molecule has 1 aliphatic rings. The summed E-state index contributed by atoms with van der Waals surface area (Å²) in [4.78, 5) is 0. The van der Waals surface area contributed by atoms with Crippen LogP contribution in [0.15, 0.2) is 18.2 Å². The van der Waals surface area contributed by atoms with Crippen molar-refractivity contribution in [3.63, 3.8) is 0 Å². The lowest BCUT2D eigenvalue weighted by molar-refractivity contribution is 0.0211. The monoisotopic (exact) mass is 177 g/mol. The molecule has 0 radical (unpaired) electrons. The summed E-state index contributed by atoms with van der Waals surface area (Å²) in [5.41, 5.74) is 9.86. The highest BCUT2D eigenvalue weighted by Crippen LogP contribution is 2.29. The van der Waals surface area contributed by atoms with Crippen LogP contribution >= 0.6 is 0 Å². The van der Waals surface area contributed by atoms with E-state index in [0.29, 0.717) is 6.61 Å². The van der Waals surface area contributed by atoms with Gasteiger partial charge in [-0.3, -0.25) is 0 Å². The quantitative estimate of drug-likeness (QED) is 0.657. The second kappa shape index (κ2) is 3.13. The minimum absolute atomic E-state index is 0.0324. The van der Waals surface area contributed by atoms with Crippen LogP contribution in [0.4, 0.5) is 0 Å². The summed E-state index contributed by atoms with van der Waals surface area (Å²) in [7, 11) is 0. The summed E-state index contributed by atoms with van der Waals surface area (Å²) >= 11 is 0. The predicted molar refractivity (Wildman–Crippen MR) is 52.4 cm³/mol. The zero-order valence-corrected chi connectivity index (χ0v) is 8.08. The summed E-state index contributed by atoms with van der Waals surface area (Å²) < 4.78 is 5.55. The normalized spacial score (nSPS) is 27.0. The number of hydrogen-bond donors (Lipinski definition) is 1. The van der Waals surface area contributed by atoms with Crippen LogP contribution in [0.2, 0.25) is 0 Å². The maximum atomic E-state index is 6.07. The van der Waals surface area contributed by atoms with Gasteiger partial charge in [0.2, 0.25) is 0 Å². The minimum atomic E-state index is 0.0324. The largest absolute Gasteiger partial charge is 0.372 e. The molecule has 1 aromatic carbocycles. The Kier molecular flexibility index (Phi) is 2.10. The van der Waals surface area contributed by atoms with Crippen molar-refractivity contribution in [3.8, 4) is 0 Å². The van der Waals surface area contributed by atoms with Crippen molar-refractivity contribution >= 4 is 0 Å². The molecule has 0 aromatic heterocycles. The second-order valence-corrected chi connectivity index (χ2v) is 3.69. The smallest absolute Gasteiger partial charge is 0.0744 e. The summed E-state index contributed by atoms with van der Waals surface area (Å²) in [5.74, 6) is 0. The van der Waals surface area contributed by atoms with E-state index in [4.69, 9.17) is 10.5 Å². The van der Waals surface area contributed by atoms with Crippen molar-refractivity contribution in [1.29, 1.82) is 0 Å². The fourth-order valence-electron chi connectivity index (χ4n) is 1.90. The van der Waals surface area contributed by atoms with Gasteiger partial charge in [-0.2, -0.15) is 0 Å². The average Bonchev–Trinajstić information content (AvgIpc) is 2.12. The Morgan fingerprint density at radius 1 is 1.46 bits per heavy atom. The molecule has 2 nitrogen and oxygen atoms in total. The summed E-state index contributed by atoms with van der Waals surface area (Å²) in [6, 6.07) is 6.29. The molecule has 1 heterocycles. The van der Waals surface area contributed by atoms with Crippen molar-refractivity contribution in [2.24, 2.45) is 5.73 Å². The molecule has 0 bridgehead atoms. The summed E-state index contributed by atoms with van der Waals surface area (Å²) in [5, 5.41) is 0. The Balaban J connectivity index is 2.51. The molecule has 1 aromatic rings. The van der Waals surface area contributed by atoms with E-state index in [1.54, 1.807) is 0 Å². The van der Waals surface area contributed by atoms with Crippen LogP contribution in [0.25, 0.3) is 0 Å². The van der Waals surface area contributed by atoms with E-state index in [-0.39, 0.29) is 12.1 Å². The number of ether oxygens (including phenoxy) is 1. The molecule has 0 saturated carbocycles. The first kappa shape index (κ1) is 8.73. The van der Waals surface area contributed by atoms with Crippen LogP contribution in [0.5, 0.6) is 0 Å². The maximum absolute atomic E-state index is 6.07. The van der Waals surface area contributed by atoms with E-state index in [0.717, 1.165) is 0 Å². The molecular formula is C11H15NO. The highest BCUT2D eigenvalue weighted by atomic mass is 16.5. The van der Waals surface area contributed by atoms with Crippen LogP contribution in [-0.4, -0.2) is 6.10 Å². The first-order valence-electron chi connectivity index (χ1n) is 4.65. The molecule has 13 heavy (non-hydrogen) atoms. The Labute approximate surface area is 78.7 Å². The van der Waals surface area contributed by atoms with Gasteiger partial charge in [0.1, 0.15) is 0 Å². The van der Waals surface area contributed by atoms with Crippen LogP contribution in [0, 0.1) is 6.92 Å². The Morgan fingerprint density at radius 2 is 2.23 bits per heavy atom. The van der Waals surface area contributed by atoms with Crippen molar-refractivity contribution in [1.82, 2.24) is 0 Å². The first-order valence-corrected chi connectivity index (χ1v) is 4.65. The molecule has 0 amide bonds. The Hall–Kier alpha value is -0.860. The number of fused-ring (bicyclic) bond motifs is 1. The number of hydrogen-bond acceptors (Lipinski definition) is 2. The van der Waals surface area contributed by atoms with Gasteiger partial charge >= 0.3 is 0 Å². The van der Waals surface area contributed by atoms with E-state index < -0.39 is 0 Å². The van der Waals surface area contributed by atoms with Crippen molar-refractivity contribution in [2.75, 3.05) is 0 Å². The summed E-state index contributed by atoms with van der Waals surface area (Å²) in [6.07, 6.45) is 0.133. The van der Waals surface area contributed by atoms with E-state index in [1.807, 2.05) is 6.92 Å². The summed E-state index contributed by atoms with van der Waals surface area (Å²) in [6.45, 7) is 4.84. The van der Waals surface area contributed by atoms with Crippen LogP contribution < -0.4 is 5.73 Å². The molecule has 2 heteroatoms. The lowest BCUT2D eigenvalue weighted by Crippen LogP contribution is -2.32. The fraction of sp³-hybridized carbons (Fsp3) is 0.455. The van der Waals surface area contributed by atoms with E-state index in [2.05, 4.69) is 25.1 Å². The van der Waals surface area contributed by atoms with Gasteiger partial charge in [-0.25, -0.2) is 0 Å². The zero-order chi connectivity index (χ0) is 9.42. The molecule has 0 spiro atoms. The van der Waals surface area contributed by atoms with Gasteiger partial charge in [-0.1, -0.05) is 18.2 Å². The van der Waals surface area contributed by atoms with E-state index in [1.165, 1.54) is 16.7 Å². The Morgan fingerprint density at radius 3 is 3.00 bits per heavy atom. The highest BCUT2D eigenvalue weighted by Gasteiger charge is 2.24. The Bertz CT molecular complexity index is 322. The number of aryl methyl sites for hydroxylation is 1. The van der Waals surface area contributed by atoms with Crippen molar-refractivity contribution in [3.05, 3.63) is 34.9 Å². The van der Waals surface area contributed by atoms with Gasteiger partial charge in [0.25, 0.3) is 0 Å². The van der Waals surface area contributed by atoms with Crippen LogP contribution in [-0.2, 0) is 11.3 Å². The lowest BCUT2D eigenvalue weighted by atomic mass is 9.91. The van der Waals surface area contributed by atoms with Gasteiger partial charge in [0.05, 0.1) is 18.8 Å². The van der Waals surface area contributed by atoms with Gasteiger partial charge in [0, 0.05) is 0 Å². The second-order valence-electron chi connectivity index (χ2n) is 3.69. The molecule has 0 unspecified atom stereocenters. The molecule has 1 aliphatic heterocycles.